The summed E-state index contributed by atoms with van der Waals surface area (Å²) in [6.45, 7) is 2.08. The highest BCUT2D eigenvalue weighted by Crippen LogP contribution is 2.36. The van der Waals surface area contributed by atoms with Gasteiger partial charge in [0.05, 0.1) is 11.4 Å². The summed E-state index contributed by atoms with van der Waals surface area (Å²) in [6, 6.07) is 21.6. The van der Waals surface area contributed by atoms with Crippen LogP contribution in [0.4, 0.5) is 5.82 Å². The maximum absolute atomic E-state index is 11.0. The van der Waals surface area contributed by atoms with Gasteiger partial charge >= 0.3 is 0 Å². The van der Waals surface area contributed by atoms with Gasteiger partial charge in [-0.1, -0.05) is 36.4 Å². The highest BCUT2D eigenvalue weighted by Gasteiger charge is 2.23. The van der Waals surface area contributed by atoms with Crippen molar-refractivity contribution < 1.29 is 10.1 Å². The van der Waals surface area contributed by atoms with Crippen molar-refractivity contribution >= 4 is 16.7 Å². The van der Waals surface area contributed by atoms with Gasteiger partial charge in [0.15, 0.2) is 11.9 Å². The van der Waals surface area contributed by atoms with Gasteiger partial charge in [0.2, 0.25) is 0 Å². The van der Waals surface area contributed by atoms with E-state index in [0.29, 0.717) is 0 Å². The van der Waals surface area contributed by atoms with Crippen molar-refractivity contribution in [3.05, 3.63) is 95.8 Å². The number of nitrogens with one attached hydrogen (secondary N) is 2. The number of benzene rings is 2. The molecule has 2 heterocycles. The molecule has 1 atom stereocenters. The average Bonchev–Trinajstić information content (AvgIpc) is 2.68. The fourth-order valence-corrected chi connectivity index (χ4v) is 3.26. The molecular weight excluding hydrogens is 322 g/mol. The normalized spacial score (nSPS) is 12.0. The standard InChI is InChI=1S/C22H19N3O/c1-15-7-2-3-9-17(15)21(25-19-10-4-5-13-23-19)18-12-11-16-8-6-14-24-20(16)22(18)26/h2-14,21,26H,1H3,(H,23,25)/p+1. The molecule has 3 N–H and O–H groups in total. The largest absolute Gasteiger partial charge is 0.502 e. The van der Waals surface area contributed by atoms with Gasteiger partial charge < -0.3 is 10.4 Å². The Morgan fingerprint density at radius 1 is 0.923 bits per heavy atom. The molecule has 0 radical (unpaired) electrons. The predicted molar refractivity (Wildman–Crippen MR) is 103 cm³/mol. The SMILES string of the molecule is Cc1ccccc1C(Nc1ccccn1)c1ccc2ccc[nH+]c2c1O. The van der Waals surface area contributed by atoms with E-state index in [1.54, 1.807) is 6.20 Å². The molecule has 26 heavy (non-hydrogen) atoms. The number of H-pyrrole nitrogens is 1. The van der Waals surface area contributed by atoms with E-state index >= 15 is 0 Å². The fraction of sp³-hybridized carbons (Fsp3) is 0.0909. The summed E-state index contributed by atoms with van der Waals surface area (Å²) in [5.74, 6) is 1.01. The molecule has 2 aromatic heterocycles. The van der Waals surface area contributed by atoms with E-state index in [0.717, 1.165) is 33.4 Å². The number of pyridine rings is 2. The van der Waals surface area contributed by atoms with E-state index < -0.39 is 0 Å². The van der Waals surface area contributed by atoms with E-state index in [-0.39, 0.29) is 11.8 Å². The number of rotatable bonds is 4. The van der Waals surface area contributed by atoms with Crippen molar-refractivity contribution in [1.82, 2.24) is 4.98 Å². The first-order valence-electron chi connectivity index (χ1n) is 8.59. The molecule has 4 nitrogen and oxygen atoms in total. The molecule has 0 amide bonds. The van der Waals surface area contributed by atoms with Gasteiger partial charge in [-0.2, -0.15) is 0 Å². The van der Waals surface area contributed by atoms with Gasteiger partial charge in [0.1, 0.15) is 5.82 Å². The summed E-state index contributed by atoms with van der Waals surface area (Å²) >= 11 is 0. The minimum absolute atomic E-state index is 0.218. The number of aromatic nitrogens is 2. The zero-order valence-corrected chi connectivity index (χ0v) is 14.5. The Hall–Kier alpha value is -3.40. The molecule has 1 unspecified atom stereocenters. The summed E-state index contributed by atoms with van der Waals surface area (Å²) < 4.78 is 0. The van der Waals surface area contributed by atoms with Gasteiger partial charge in [-0.25, -0.2) is 9.97 Å². The molecule has 4 heteroatoms. The van der Waals surface area contributed by atoms with Gasteiger partial charge in [-0.05, 0) is 42.3 Å². The number of phenolic OH excluding ortho intramolecular Hbond substituents is 1. The van der Waals surface area contributed by atoms with Crippen molar-refractivity contribution in [1.29, 1.82) is 0 Å². The lowest BCUT2D eigenvalue weighted by Gasteiger charge is -2.22. The molecule has 0 aliphatic heterocycles. The van der Waals surface area contributed by atoms with Gasteiger partial charge in [-0.15, -0.1) is 0 Å². The summed E-state index contributed by atoms with van der Waals surface area (Å²) in [5, 5.41) is 15.4. The lowest BCUT2D eigenvalue weighted by Crippen LogP contribution is -2.15. The van der Waals surface area contributed by atoms with Gasteiger partial charge in [0, 0.05) is 17.8 Å². The number of hydrogen-bond acceptors (Lipinski definition) is 3. The monoisotopic (exact) mass is 342 g/mol. The van der Waals surface area contributed by atoms with Crippen molar-refractivity contribution in [2.45, 2.75) is 13.0 Å². The minimum Gasteiger partial charge on any atom is -0.502 e. The number of nitrogens with zero attached hydrogens (tertiary/aromatic N) is 1. The summed E-state index contributed by atoms with van der Waals surface area (Å²) in [6.07, 6.45) is 3.58. The van der Waals surface area contributed by atoms with Crippen molar-refractivity contribution in [2.24, 2.45) is 0 Å². The predicted octanol–water partition coefficient (Wildman–Crippen LogP) is 4.26. The molecule has 4 rings (SSSR count). The van der Waals surface area contributed by atoms with E-state index in [2.05, 4.69) is 34.3 Å². The van der Waals surface area contributed by atoms with Crippen LogP contribution in [0.25, 0.3) is 10.9 Å². The zero-order valence-electron chi connectivity index (χ0n) is 14.5. The summed E-state index contributed by atoms with van der Waals surface area (Å²) in [5.41, 5.74) is 3.78. The van der Waals surface area contributed by atoms with Crippen LogP contribution in [0.5, 0.6) is 5.75 Å². The number of aromatic hydroxyl groups is 1. The topological polar surface area (TPSA) is 59.3 Å². The molecule has 0 spiro atoms. The van der Waals surface area contributed by atoms with Crippen LogP contribution in [-0.4, -0.2) is 10.1 Å². The van der Waals surface area contributed by atoms with Gasteiger partial charge in [0.25, 0.3) is 5.52 Å². The molecule has 0 bridgehead atoms. The molecule has 128 valence electrons. The van der Waals surface area contributed by atoms with Gasteiger partial charge in [-0.3, -0.25) is 0 Å². The Labute approximate surface area is 152 Å². The smallest absolute Gasteiger partial charge is 0.253 e. The fourth-order valence-electron chi connectivity index (χ4n) is 3.26. The van der Waals surface area contributed by atoms with Crippen molar-refractivity contribution in [2.75, 3.05) is 5.32 Å². The third-order valence-corrected chi connectivity index (χ3v) is 4.61. The molecular formula is C22H20N3O+. The summed E-state index contributed by atoms with van der Waals surface area (Å²) in [4.78, 5) is 7.54. The van der Waals surface area contributed by atoms with Crippen LogP contribution in [-0.2, 0) is 0 Å². The molecule has 0 aliphatic carbocycles. The van der Waals surface area contributed by atoms with E-state index in [1.165, 1.54) is 0 Å². The van der Waals surface area contributed by atoms with Crippen LogP contribution >= 0.6 is 0 Å². The highest BCUT2D eigenvalue weighted by atomic mass is 16.3. The second kappa shape index (κ2) is 6.84. The Morgan fingerprint density at radius 2 is 1.77 bits per heavy atom. The van der Waals surface area contributed by atoms with Crippen LogP contribution in [0.15, 0.2) is 79.1 Å². The number of phenols is 1. The third-order valence-electron chi connectivity index (χ3n) is 4.61. The quantitative estimate of drug-likeness (QED) is 0.582. The first-order valence-corrected chi connectivity index (χ1v) is 8.59. The Bertz CT molecular complexity index is 1050. The van der Waals surface area contributed by atoms with E-state index in [9.17, 15) is 5.11 Å². The molecule has 0 saturated heterocycles. The van der Waals surface area contributed by atoms with Crippen LogP contribution in [0.3, 0.4) is 0 Å². The number of anilines is 1. The zero-order chi connectivity index (χ0) is 17.9. The van der Waals surface area contributed by atoms with Crippen LogP contribution in [0, 0.1) is 6.92 Å². The van der Waals surface area contributed by atoms with Crippen LogP contribution in [0.1, 0.15) is 22.7 Å². The van der Waals surface area contributed by atoms with Crippen LogP contribution in [0.2, 0.25) is 0 Å². The molecule has 2 aromatic carbocycles. The Balaban J connectivity index is 1.88. The Morgan fingerprint density at radius 3 is 2.58 bits per heavy atom. The number of aryl methyl sites for hydroxylation is 1. The van der Waals surface area contributed by atoms with E-state index in [1.807, 2.05) is 60.8 Å². The van der Waals surface area contributed by atoms with E-state index in [4.69, 9.17) is 0 Å². The molecule has 0 aliphatic rings. The van der Waals surface area contributed by atoms with Crippen molar-refractivity contribution in [3.8, 4) is 5.75 Å². The summed E-state index contributed by atoms with van der Waals surface area (Å²) in [7, 11) is 0. The number of fused-ring (bicyclic) bond motifs is 1. The lowest BCUT2D eigenvalue weighted by atomic mass is 9.93. The lowest BCUT2D eigenvalue weighted by molar-refractivity contribution is -0.345. The number of aromatic amines is 1. The highest BCUT2D eigenvalue weighted by molar-refractivity contribution is 5.83. The minimum atomic E-state index is -0.218. The first-order chi connectivity index (χ1) is 12.7. The van der Waals surface area contributed by atoms with Crippen LogP contribution < -0.4 is 10.3 Å². The van der Waals surface area contributed by atoms with Crippen molar-refractivity contribution in [3.63, 3.8) is 0 Å². The maximum atomic E-state index is 11.0. The molecule has 4 aromatic rings. The third kappa shape index (κ3) is 2.97. The maximum Gasteiger partial charge on any atom is 0.253 e. The molecule has 0 saturated carbocycles. The number of hydrogen-bond donors (Lipinski definition) is 2. The first kappa shape index (κ1) is 16.1. The second-order valence-electron chi connectivity index (χ2n) is 6.29. The molecule has 0 fully saturated rings. The average molecular weight is 342 g/mol. The Kier molecular flexibility index (Phi) is 4.23. The second-order valence-corrected chi connectivity index (χ2v) is 6.29.